The minimum atomic E-state index is -4.51. The molecule has 0 aliphatic carbocycles. The van der Waals surface area contributed by atoms with Crippen molar-refractivity contribution in [3.8, 4) is 0 Å². The normalized spacial score (nSPS) is 13.1. The molecule has 0 nitrogen and oxygen atoms in total. The van der Waals surface area contributed by atoms with Crippen LogP contribution in [0.15, 0.2) is 24.8 Å². The SMILES string of the molecule is F/C=C\C(F)(F)F.F/C=C\C(F)(F)F. The zero-order chi connectivity index (χ0) is 11.8. The third-order valence-electron chi connectivity index (χ3n) is 0.504. The van der Waals surface area contributed by atoms with Crippen molar-refractivity contribution in [3.63, 3.8) is 0 Å². The summed E-state index contributed by atoms with van der Waals surface area (Å²) in [5, 5.41) is 0. The zero-order valence-corrected chi connectivity index (χ0v) is 6.33. The molecule has 0 N–H and O–H groups in total. The fourth-order valence-electron chi connectivity index (χ4n) is 0.143. The molecule has 8 heteroatoms. The zero-order valence-electron chi connectivity index (χ0n) is 6.33. The summed E-state index contributed by atoms with van der Waals surface area (Å²) in [4.78, 5) is 0. The first-order valence-electron chi connectivity index (χ1n) is 2.81. The Bertz CT molecular complexity index is 161. The molecule has 0 spiro atoms. The second-order valence-electron chi connectivity index (χ2n) is 1.67. The molecule has 14 heavy (non-hydrogen) atoms. The highest BCUT2D eigenvalue weighted by atomic mass is 19.4. The van der Waals surface area contributed by atoms with Crippen LogP contribution in [0, 0.1) is 0 Å². The molecule has 0 aliphatic heterocycles. The second kappa shape index (κ2) is 6.39. The predicted molar refractivity (Wildman–Crippen MR) is 32.6 cm³/mol. The van der Waals surface area contributed by atoms with Gasteiger partial charge in [0.2, 0.25) is 0 Å². The van der Waals surface area contributed by atoms with Crippen molar-refractivity contribution in [2.24, 2.45) is 0 Å². The third kappa shape index (κ3) is 22.4. The van der Waals surface area contributed by atoms with Gasteiger partial charge in [0.1, 0.15) is 0 Å². The fraction of sp³-hybridized carbons (Fsp3) is 0.333. The van der Waals surface area contributed by atoms with Crippen molar-refractivity contribution in [2.45, 2.75) is 12.4 Å². The Labute approximate surface area is 73.5 Å². The van der Waals surface area contributed by atoms with Crippen LogP contribution in [0.5, 0.6) is 0 Å². The van der Waals surface area contributed by atoms with Crippen LogP contribution >= 0.6 is 0 Å². The summed E-state index contributed by atoms with van der Waals surface area (Å²) >= 11 is 0. The van der Waals surface area contributed by atoms with E-state index in [9.17, 15) is 35.1 Å². The Kier molecular flexibility index (Phi) is 7.02. The monoisotopic (exact) mass is 228 g/mol. The number of hydrogen-bond acceptors (Lipinski definition) is 0. The number of rotatable bonds is 0. The standard InChI is InChI=1S/2C3H2F4/c2*4-2-1-3(5,6)7/h2*1-2H/b2*2-1-. The molecule has 0 aromatic heterocycles. The fourth-order valence-corrected chi connectivity index (χ4v) is 0.143. The summed E-state index contributed by atoms with van der Waals surface area (Å²) in [6.07, 6.45) is -11.1. The van der Waals surface area contributed by atoms with E-state index in [4.69, 9.17) is 0 Å². The van der Waals surface area contributed by atoms with Gasteiger partial charge in [-0.25, -0.2) is 8.78 Å². The molecule has 0 bridgehead atoms. The van der Waals surface area contributed by atoms with E-state index in [2.05, 4.69) is 0 Å². The van der Waals surface area contributed by atoms with Gasteiger partial charge in [0, 0.05) is 12.2 Å². The van der Waals surface area contributed by atoms with Crippen LogP contribution in [0.25, 0.3) is 0 Å². The smallest absolute Gasteiger partial charge is 0.216 e. The van der Waals surface area contributed by atoms with Crippen LogP contribution in [0.3, 0.4) is 0 Å². The minimum absolute atomic E-state index is 0.479. The second-order valence-corrected chi connectivity index (χ2v) is 1.67. The maximum atomic E-state index is 10.7. The minimum Gasteiger partial charge on any atom is -0.216 e. The van der Waals surface area contributed by atoms with Gasteiger partial charge in [-0.3, -0.25) is 0 Å². The van der Waals surface area contributed by atoms with Gasteiger partial charge in [-0.2, -0.15) is 26.3 Å². The molecule has 84 valence electrons. The van der Waals surface area contributed by atoms with E-state index >= 15 is 0 Å². The lowest BCUT2D eigenvalue weighted by Crippen LogP contribution is -1.99. The maximum absolute atomic E-state index is 10.7. The molecule has 0 fully saturated rings. The van der Waals surface area contributed by atoms with Crippen molar-refractivity contribution in [1.29, 1.82) is 0 Å². The van der Waals surface area contributed by atoms with Gasteiger partial charge in [0.05, 0.1) is 12.7 Å². The van der Waals surface area contributed by atoms with Crippen molar-refractivity contribution < 1.29 is 35.1 Å². The average molecular weight is 228 g/mol. The average Bonchev–Trinajstić information content (AvgIpc) is 1.81. The molecular weight excluding hydrogens is 224 g/mol. The molecule has 0 rings (SSSR count). The van der Waals surface area contributed by atoms with Gasteiger partial charge in [-0.1, -0.05) is 0 Å². The van der Waals surface area contributed by atoms with E-state index in [0.717, 1.165) is 0 Å². The Morgan fingerprint density at radius 1 is 0.571 bits per heavy atom. The number of alkyl halides is 6. The molecule has 0 aromatic carbocycles. The molecule has 0 aliphatic rings. The van der Waals surface area contributed by atoms with Crippen molar-refractivity contribution >= 4 is 0 Å². The van der Waals surface area contributed by atoms with E-state index < -0.39 is 37.2 Å². The highest BCUT2D eigenvalue weighted by molar-refractivity contribution is 4.81. The summed E-state index contributed by atoms with van der Waals surface area (Å²) in [6.45, 7) is 0. The number of hydrogen-bond donors (Lipinski definition) is 0. The van der Waals surface area contributed by atoms with Crippen molar-refractivity contribution in [2.75, 3.05) is 0 Å². The van der Waals surface area contributed by atoms with Gasteiger partial charge in [0.25, 0.3) is 0 Å². The maximum Gasteiger partial charge on any atom is 0.411 e. The van der Waals surface area contributed by atoms with E-state index in [-0.39, 0.29) is 0 Å². The van der Waals surface area contributed by atoms with Crippen molar-refractivity contribution in [3.05, 3.63) is 24.8 Å². The summed E-state index contributed by atoms with van der Waals surface area (Å²) in [6, 6.07) is 0. The van der Waals surface area contributed by atoms with Gasteiger partial charge in [0.15, 0.2) is 0 Å². The summed E-state index contributed by atoms with van der Waals surface area (Å²) in [5.41, 5.74) is 0. The third-order valence-corrected chi connectivity index (χ3v) is 0.504. The lowest BCUT2D eigenvalue weighted by atomic mass is 10.6. The number of allylic oxidation sites excluding steroid dienone is 2. The van der Waals surface area contributed by atoms with Crippen LogP contribution in [0.4, 0.5) is 35.1 Å². The van der Waals surface area contributed by atoms with Crippen LogP contribution in [0.1, 0.15) is 0 Å². The molecule has 0 atom stereocenters. The lowest BCUT2D eigenvalue weighted by molar-refractivity contribution is -0.0815. The first-order valence-corrected chi connectivity index (χ1v) is 2.81. The lowest BCUT2D eigenvalue weighted by Gasteiger charge is -1.92. The van der Waals surface area contributed by atoms with Crippen LogP contribution in [-0.2, 0) is 0 Å². The largest absolute Gasteiger partial charge is 0.411 e. The Balaban J connectivity index is 0. The summed E-state index contributed by atoms with van der Waals surface area (Å²) in [7, 11) is 0. The first kappa shape index (κ1) is 15.4. The van der Waals surface area contributed by atoms with E-state index in [1.807, 2.05) is 0 Å². The van der Waals surface area contributed by atoms with Gasteiger partial charge >= 0.3 is 12.4 Å². The Morgan fingerprint density at radius 3 is 0.786 bits per heavy atom. The molecule has 0 unspecified atom stereocenters. The number of halogens is 8. The highest BCUT2D eigenvalue weighted by Crippen LogP contribution is 2.15. The summed E-state index contributed by atoms with van der Waals surface area (Å²) in [5.74, 6) is 0. The molecule has 0 aromatic rings. The Morgan fingerprint density at radius 2 is 0.786 bits per heavy atom. The van der Waals surface area contributed by atoms with E-state index in [1.165, 1.54) is 0 Å². The molecule has 0 radical (unpaired) electrons. The van der Waals surface area contributed by atoms with Crippen LogP contribution in [-0.4, -0.2) is 12.4 Å². The van der Waals surface area contributed by atoms with Gasteiger partial charge < -0.3 is 0 Å². The molecule has 0 saturated carbocycles. The van der Waals surface area contributed by atoms with Gasteiger partial charge in [-0.15, -0.1) is 0 Å². The van der Waals surface area contributed by atoms with Crippen LogP contribution < -0.4 is 0 Å². The molecular formula is C6H4F8. The summed E-state index contributed by atoms with van der Waals surface area (Å²) < 4.78 is 85.6. The van der Waals surface area contributed by atoms with E-state index in [0.29, 0.717) is 0 Å². The topological polar surface area (TPSA) is 0 Å². The van der Waals surface area contributed by atoms with Crippen molar-refractivity contribution in [1.82, 2.24) is 0 Å². The Hall–Kier alpha value is -1.08. The first-order chi connectivity index (χ1) is 6.12. The van der Waals surface area contributed by atoms with Gasteiger partial charge in [-0.05, 0) is 0 Å². The van der Waals surface area contributed by atoms with E-state index in [1.54, 1.807) is 0 Å². The molecule has 0 amide bonds. The molecule has 0 saturated heterocycles. The quantitative estimate of drug-likeness (QED) is 0.548. The highest BCUT2D eigenvalue weighted by Gasteiger charge is 2.22. The predicted octanol–water partition coefficient (Wildman–Crippen LogP) is 4.06. The van der Waals surface area contributed by atoms with Crippen LogP contribution in [0.2, 0.25) is 0 Å². The molecule has 0 heterocycles.